The van der Waals surface area contributed by atoms with Crippen LogP contribution in [0.5, 0.6) is 5.75 Å². The van der Waals surface area contributed by atoms with Gasteiger partial charge in [-0.1, -0.05) is 18.2 Å². The molecule has 22 heavy (non-hydrogen) atoms. The summed E-state index contributed by atoms with van der Waals surface area (Å²) in [4.78, 5) is 12.0. The number of carbonyl (C=O) groups excluding carboxylic acids is 1. The SMILES string of the molecule is CCOPCc1ccc2c(OC)cc(C(=O)OCC)cc2c1. The molecule has 0 heterocycles. The van der Waals surface area contributed by atoms with Crippen molar-refractivity contribution in [1.29, 1.82) is 0 Å². The fraction of sp³-hybridized carbons (Fsp3) is 0.353. The molecule has 2 rings (SSSR count). The van der Waals surface area contributed by atoms with E-state index in [-0.39, 0.29) is 5.97 Å². The lowest BCUT2D eigenvalue weighted by Gasteiger charge is -2.10. The largest absolute Gasteiger partial charge is 0.496 e. The van der Waals surface area contributed by atoms with Gasteiger partial charge in [-0.05, 0) is 36.9 Å². The second-order valence-electron chi connectivity index (χ2n) is 4.71. The lowest BCUT2D eigenvalue weighted by atomic mass is 10.0. The molecule has 2 aromatic carbocycles. The summed E-state index contributed by atoms with van der Waals surface area (Å²) in [5.74, 6) is 0.351. The van der Waals surface area contributed by atoms with E-state index in [2.05, 4.69) is 12.1 Å². The topological polar surface area (TPSA) is 44.8 Å². The third-order valence-corrected chi connectivity index (χ3v) is 4.28. The molecule has 0 radical (unpaired) electrons. The van der Waals surface area contributed by atoms with Gasteiger partial charge in [-0.15, -0.1) is 0 Å². The van der Waals surface area contributed by atoms with E-state index in [9.17, 15) is 4.79 Å². The predicted molar refractivity (Wildman–Crippen MR) is 90.1 cm³/mol. The van der Waals surface area contributed by atoms with Crippen molar-refractivity contribution in [2.75, 3.05) is 20.3 Å². The van der Waals surface area contributed by atoms with Crippen molar-refractivity contribution in [2.45, 2.75) is 20.0 Å². The molecular weight excluding hydrogens is 299 g/mol. The molecular formula is C17H21O4P. The van der Waals surface area contributed by atoms with Crippen LogP contribution in [0, 0.1) is 0 Å². The van der Waals surface area contributed by atoms with E-state index in [0.717, 1.165) is 23.5 Å². The van der Waals surface area contributed by atoms with Gasteiger partial charge in [0.15, 0.2) is 0 Å². The zero-order chi connectivity index (χ0) is 15.9. The van der Waals surface area contributed by atoms with Gasteiger partial charge in [-0.25, -0.2) is 4.79 Å². The van der Waals surface area contributed by atoms with E-state index in [1.165, 1.54) is 5.56 Å². The fourth-order valence-corrected chi connectivity index (χ4v) is 2.92. The molecule has 0 N–H and O–H groups in total. The predicted octanol–water partition coefficient (Wildman–Crippen LogP) is 4.16. The van der Waals surface area contributed by atoms with E-state index in [0.29, 0.717) is 26.7 Å². The van der Waals surface area contributed by atoms with Crippen LogP contribution in [0.25, 0.3) is 10.8 Å². The molecule has 0 aromatic heterocycles. The highest BCUT2D eigenvalue weighted by Crippen LogP contribution is 2.30. The first kappa shape index (κ1) is 16.7. The highest BCUT2D eigenvalue weighted by atomic mass is 31.1. The van der Waals surface area contributed by atoms with Crippen molar-refractivity contribution in [3.05, 3.63) is 41.5 Å². The molecule has 1 unspecified atom stereocenters. The molecule has 2 aromatic rings. The Balaban J connectivity index is 2.38. The first-order chi connectivity index (χ1) is 10.7. The Bertz CT molecular complexity index is 654. The van der Waals surface area contributed by atoms with Gasteiger partial charge in [0.05, 0.1) is 19.3 Å². The smallest absolute Gasteiger partial charge is 0.338 e. The van der Waals surface area contributed by atoms with Crippen molar-refractivity contribution in [3.8, 4) is 5.75 Å². The molecule has 0 aliphatic rings. The van der Waals surface area contributed by atoms with Crippen LogP contribution >= 0.6 is 8.81 Å². The van der Waals surface area contributed by atoms with Crippen molar-refractivity contribution in [2.24, 2.45) is 0 Å². The summed E-state index contributed by atoms with van der Waals surface area (Å²) >= 11 is 0. The number of fused-ring (bicyclic) bond motifs is 1. The van der Waals surface area contributed by atoms with Crippen LogP contribution in [0.4, 0.5) is 0 Å². The van der Waals surface area contributed by atoms with Crippen LogP contribution in [0.1, 0.15) is 29.8 Å². The standard InChI is InChI=1S/C17H21O4P/c1-4-20-17(18)14-9-13-8-12(11-22-21-5-2)6-7-15(13)16(10-14)19-3/h6-10,22H,4-5,11H2,1-3H3. The third-order valence-electron chi connectivity index (χ3n) is 3.23. The average Bonchev–Trinajstić information content (AvgIpc) is 2.54. The molecule has 0 spiro atoms. The Morgan fingerprint density at radius 3 is 2.64 bits per heavy atom. The number of rotatable bonds is 7. The highest BCUT2D eigenvalue weighted by Gasteiger charge is 2.12. The maximum atomic E-state index is 12.0. The summed E-state index contributed by atoms with van der Waals surface area (Å²) in [6, 6.07) is 9.74. The number of ether oxygens (including phenoxy) is 2. The molecule has 118 valence electrons. The van der Waals surface area contributed by atoms with Crippen LogP contribution in [0.2, 0.25) is 0 Å². The van der Waals surface area contributed by atoms with E-state index in [1.54, 1.807) is 20.1 Å². The lowest BCUT2D eigenvalue weighted by molar-refractivity contribution is 0.0526. The highest BCUT2D eigenvalue weighted by molar-refractivity contribution is 7.31. The van der Waals surface area contributed by atoms with Gasteiger partial charge in [0.25, 0.3) is 0 Å². The lowest BCUT2D eigenvalue weighted by Crippen LogP contribution is -2.05. The summed E-state index contributed by atoms with van der Waals surface area (Å²) in [7, 11) is 2.05. The first-order valence-corrected chi connectivity index (χ1v) is 8.43. The number of hydrogen-bond donors (Lipinski definition) is 0. The zero-order valence-electron chi connectivity index (χ0n) is 13.1. The van der Waals surface area contributed by atoms with Gasteiger partial charge in [0.2, 0.25) is 0 Å². The van der Waals surface area contributed by atoms with Crippen molar-refractivity contribution in [1.82, 2.24) is 0 Å². The minimum atomic E-state index is -0.329. The van der Waals surface area contributed by atoms with Gasteiger partial charge >= 0.3 is 5.97 Å². The minimum Gasteiger partial charge on any atom is -0.496 e. The molecule has 0 bridgehead atoms. The number of esters is 1. The Kier molecular flexibility index (Phi) is 6.17. The first-order valence-electron chi connectivity index (χ1n) is 7.32. The van der Waals surface area contributed by atoms with Crippen LogP contribution in [-0.4, -0.2) is 26.3 Å². The van der Waals surface area contributed by atoms with Crippen LogP contribution in [-0.2, 0) is 15.4 Å². The second kappa shape index (κ2) is 8.11. The maximum Gasteiger partial charge on any atom is 0.338 e. The van der Waals surface area contributed by atoms with E-state index >= 15 is 0 Å². The Labute approximate surface area is 132 Å². The molecule has 5 heteroatoms. The van der Waals surface area contributed by atoms with Crippen molar-refractivity contribution in [3.63, 3.8) is 0 Å². The Hall–Kier alpha value is -1.64. The third kappa shape index (κ3) is 3.96. The monoisotopic (exact) mass is 320 g/mol. The summed E-state index contributed by atoms with van der Waals surface area (Å²) in [6.07, 6.45) is 0.871. The average molecular weight is 320 g/mol. The Morgan fingerprint density at radius 1 is 1.14 bits per heavy atom. The van der Waals surface area contributed by atoms with E-state index in [4.69, 9.17) is 14.0 Å². The van der Waals surface area contributed by atoms with Gasteiger partial charge < -0.3 is 14.0 Å². The molecule has 0 saturated carbocycles. The van der Waals surface area contributed by atoms with Gasteiger partial charge in [-0.2, -0.15) is 0 Å². The summed E-state index contributed by atoms with van der Waals surface area (Å²) in [6.45, 7) is 4.87. The summed E-state index contributed by atoms with van der Waals surface area (Å²) in [5.41, 5.74) is 1.69. The fourth-order valence-electron chi connectivity index (χ4n) is 2.23. The quantitative estimate of drug-likeness (QED) is 0.437. The molecule has 4 nitrogen and oxygen atoms in total. The molecule has 0 aliphatic carbocycles. The number of carbonyl (C=O) groups is 1. The number of benzene rings is 2. The minimum absolute atomic E-state index is 0.329. The molecule has 0 saturated heterocycles. The normalized spacial score (nSPS) is 11.2. The van der Waals surface area contributed by atoms with Gasteiger partial charge in [-0.3, -0.25) is 0 Å². The Morgan fingerprint density at radius 2 is 1.95 bits per heavy atom. The maximum absolute atomic E-state index is 12.0. The molecule has 0 fully saturated rings. The van der Waals surface area contributed by atoms with Crippen LogP contribution in [0.3, 0.4) is 0 Å². The second-order valence-corrected chi connectivity index (χ2v) is 5.64. The van der Waals surface area contributed by atoms with Crippen molar-refractivity contribution < 1.29 is 18.8 Å². The number of hydrogen-bond acceptors (Lipinski definition) is 4. The van der Waals surface area contributed by atoms with Gasteiger partial charge in [0.1, 0.15) is 5.75 Å². The van der Waals surface area contributed by atoms with E-state index in [1.807, 2.05) is 19.1 Å². The van der Waals surface area contributed by atoms with Crippen molar-refractivity contribution >= 4 is 25.5 Å². The summed E-state index contributed by atoms with van der Waals surface area (Å²) < 4.78 is 15.9. The zero-order valence-corrected chi connectivity index (χ0v) is 14.1. The molecule has 0 amide bonds. The van der Waals surface area contributed by atoms with E-state index < -0.39 is 0 Å². The van der Waals surface area contributed by atoms with Gasteiger partial charge in [0, 0.05) is 27.0 Å². The molecule has 1 atom stereocenters. The van der Waals surface area contributed by atoms with Crippen LogP contribution in [0.15, 0.2) is 30.3 Å². The number of methoxy groups -OCH3 is 1. The van der Waals surface area contributed by atoms with Crippen LogP contribution < -0.4 is 4.74 Å². The molecule has 0 aliphatic heterocycles. The summed E-state index contributed by atoms with van der Waals surface area (Å²) in [5, 5.41) is 1.96.